The molecule has 2 aromatic rings. The molecule has 1 amide bonds. The Bertz CT molecular complexity index is 722. The molecule has 0 fully saturated rings. The van der Waals surface area contributed by atoms with E-state index in [4.69, 9.17) is 4.74 Å². The van der Waals surface area contributed by atoms with Gasteiger partial charge in [0.1, 0.15) is 5.75 Å². The Morgan fingerprint density at radius 3 is 2.50 bits per heavy atom. The van der Waals surface area contributed by atoms with Crippen LogP contribution in [0.4, 0.5) is 14.5 Å². The maximum atomic E-state index is 12.1. The van der Waals surface area contributed by atoms with Crippen molar-refractivity contribution >= 4 is 40.2 Å². The molecule has 0 aliphatic carbocycles. The summed E-state index contributed by atoms with van der Waals surface area (Å²) in [5.41, 5.74) is 0.582. The van der Waals surface area contributed by atoms with Crippen molar-refractivity contribution in [3.05, 3.63) is 57.7 Å². The molecular formula is C16H12F2INO4. The number of amides is 1. The monoisotopic (exact) mass is 447 g/mol. The van der Waals surface area contributed by atoms with Gasteiger partial charge < -0.3 is 14.8 Å². The van der Waals surface area contributed by atoms with E-state index in [1.54, 1.807) is 12.1 Å². The highest BCUT2D eigenvalue weighted by Gasteiger charge is 2.12. The predicted molar refractivity (Wildman–Crippen MR) is 91.1 cm³/mol. The average molecular weight is 447 g/mol. The maximum Gasteiger partial charge on any atom is 0.387 e. The van der Waals surface area contributed by atoms with E-state index < -0.39 is 25.1 Å². The third kappa shape index (κ3) is 5.76. The summed E-state index contributed by atoms with van der Waals surface area (Å²) >= 11 is 2.13. The number of hydrogen-bond acceptors (Lipinski definition) is 4. The summed E-state index contributed by atoms with van der Waals surface area (Å²) < 4.78 is 34.4. The van der Waals surface area contributed by atoms with Crippen LogP contribution < -0.4 is 10.1 Å². The fraction of sp³-hybridized carbons (Fsp3) is 0.125. The fourth-order valence-corrected chi connectivity index (χ4v) is 2.10. The summed E-state index contributed by atoms with van der Waals surface area (Å²) in [6, 6.07) is 12.2. The Hall–Kier alpha value is -2.23. The topological polar surface area (TPSA) is 64.6 Å². The molecule has 24 heavy (non-hydrogen) atoms. The van der Waals surface area contributed by atoms with Gasteiger partial charge in [0.2, 0.25) is 0 Å². The number of hydrogen-bond donors (Lipinski definition) is 1. The van der Waals surface area contributed by atoms with Crippen molar-refractivity contribution in [3.63, 3.8) is 0 Å². The van der Waals surface area contributed by atoms with Crippen LogP contribution >= 0.6 is 22.6 Å². The number of alkyl halides is 2. The van der Waals surface area contributed by atoms with Gasteiger partial charge in [0.25, 0.3) is 5.91 Å². The molecular weight excluding hydrogens is 435 g/mol. The van der Waals surface area contributed by atoms with Crippen molar-refractivity contribution in [1.82, 2.24) is 0 Å². The van der Waals surface area contributed by atoms with E-state index in [1.165, 1.54) is 18.2 Å². The quantitative estimate of drug-likeness (QED) is 0.542. The van der Waals surface area contributed by atoms with Gasteiger partial charge in [0, 0.05) is 9.26 Å². The van der Waals surface area contributed by atoms with E-state index in [-0.39, 0.29) is 11.3 Å². The van der Waals surface area contributed by atoms with Crippen LogP contribution in [0.15, 0.2) is 48.5 Å². The van der Waals surface area contributed by atoms with Gasteiger partial charge in [-0.05, 0) is 65.1 Å². The second kappa shape index (κ2) is 8.57. The van der Waals surface area contributed by atoms with Crippen molar-refractivity contribution in [2.45, 2.75) is 6.61 Å². The van der Waals surface area contributed by atoms with Gasteiger partial charge in [-0.1, -0.05) is 6.07 Å². The third-order valence-corrected chi connectivity index (χ3v) is 3.48. The molecule has 0 heterocycles. The lowest BCUT2D eigenvalue weighted by Crippen LogP contribution is -2.21. The lowest BCUT2D eigenvalue weighted by Gasteiger charge is -2.08. The van der Waals surface area contributed by atoms with E-state index >= 15 is 0 Å². The second-order valence-electron chi connectivity index (χ2n) is 4.54. The Morgan fingerprint density at radius 2 is 1.83 bits per heavy atom. The van der Waals surface area contributed by atoms with Crippen molar-refractivity contribution in [2.75, 3.05) is 11.9 Å². The van der Waals surface area contributed by atoms with Gasteiger partial charge >= 0.3 is 12.6 Å². The number of carbonyl (C=O) groups excluding carboxylic acids is 2. The SMILES string of the molecule is O=C(COC(=O)c1cccc(OC(F)F)c1)Nc1ccc(I)cc1. The van der Waals surface area contributed by atoms with E-state index in [0.29, 0.717) is 5.69 Å². The number of anilines is 1. The summed E-state index contributed by atoms with van der Waals surface area (Å²) in [5.74, 6) is -1.49. The van der Waals surface area contributed by atoms with Gasteiger partial charge in [-0.2, -0.15) is 8.78 Å². The smallest absolute Gasteiger partial charge is 0.387 e. The largest absolute Gasteiger partial charge is 0.452 e. The Balaban J connectivity index is 1.88. The third-order valence-electron chi connectivity index (χ3n) is 2.76. The number of benzene rings is 2. The van der Waals surface area contributed by atoms with E-state index in [0.717, 1.165) is 9.64 Å². The lowest BCUT2D eigenvalue weighted by atomic mass is 10.2. The molecule has 8 heteroatoms. The molecule has 0 atom stereocenters. The van der Waals surface area contributed by atoms with Crippen molar-refractivity contribution in [2.24, 2.45) is 0 Å². The first-order valence-electron chi connectivity index (χ1n) is 6.71. The minimum atomic E-state index is -2.99. The molecule has 0 bridgehead atoms. The van der Waals surface area contributed by atoms with Crippen LogP contribution in [0.2, 0.25) is 0 Å². The molecule has 0 spiro atoms. The predicted octanol–water partition coefficient (Wildman–Crippen LogP) is 3.69. The Labute approximate surface area is 150 Å². The van der Waals surface area contributed by atoms with Gasteiger partial charge in [0.15, 0.2) is 6.61 Å². The molecule has 1 N–H and O–H groups in total. The number of halogens is 3. The van der Waals surface area contributed by atoms with Gasteiger partial charge in [-0.15, -0.1) is 0 Å². The maximum absolute atomic E-state index is 12.1. The first kappa shape index (κ1) is 18.1. The summed E-state index contributed by atoms with van der Waals surface area (Å²) in [5, 5.41) is 2.57. The number of esters is 1. The molecule has 0 aliphatic heterocycles. The van der Waals surface area contributed by atoms with Crippen LogP contribution in [0, 0.1) is 3.57 Å². The molecule has 0 aliphatic rings. The van der Waals surface area contributed by atoms with E-state index in [2.05, 4.69) is 32.6 Å². The minimum Gasteiger partial charge on any atom is -0.452 e. The number of nitrogens with one attached hydrogen (secondary N) is 1. The van der Waals surface area contributed by atoms with E-state index in [1.807, 2.05) is 12.1 Å². The minimum absolute atomic E-state index is 0.00946. The summed E-state index contributed by atoms with van der Waals surface area (Å²) in [4.78, 5) is 23.6. The molecule has 0 aromatic heterocycles. The van der Waals surface area contributed by atoms with Crippen LogP contribution in [0.5, 0.6) is 5.75 Å². The van der Waals surface area contributed by atoms with Crippen LogP contribution in [0.25, 0.3) is 0 Å². The molecule has 126 valence electrons. The zero-order valence-electron chi connectivity index (χ0n) is 12.2. The summed E-state index contributed by atoms with van der Waals surface area (Å²) in [7, 11) is 0. The van der Waals surface area contributed by atoms with Crippen molar-refractivity contribution < 1.29 is 27.8 Å². The molecule has 0 radical (unpaired) electrons. The molecule has 0 unspecified atom stereocenters. The van der Waals surface area contributed by atoms with Gasteiger partial charge in [0.05, 0.1) is 5.56 Å². The summed E-state index contributed by atoms with van der Waals surface area (Å²) in [6.07, 6.45) is 0. The van der Waals surface area contributed by atoms with E-state index in [9.17, 15) is 18.4 Å². The van der Waals surface area contributed by atoms with Crippen LogP contribution in [-0.4, -0.2) is 25.1 Å². The average Bonchev–Trinajstić information content (AvgIpc) is 2.54. The molecule has 5 nitrogen and oxygen atoms in total. The molecule has 2 rings (SSSR count). The number of ether oxygens (including phenoxy) is 2. The first-order chi connectivity index (χ1) is 11.4. The van der Waals surface area contributed by atoms with Crippen LogP contribution in [0.3, 0.4) is 0 Å². The zero-order chi connectivity index (χ0) is 17.5. The van der Waals surface area contributed by atoms with Crippen molar-refractivity contribution in [1.29, 1.82) is 0 Å². The number of carbonyl (C=O) groups is 2. The Morgan fingerprint density at radius 1 is 1.12 bits per heavy atom. The zero-order valence-corrected chi connectivity index (χ0v) is 14.3. The highest BCUT2D eigenvalue weighted by atomic mass is 127. The second-order valence-corrected chi connectivity index (χ2v) is 5.78. The van der Waals surface area contributed by atoms with Gasteiger partial charge in [-0.25, -0.2) is 4.79 Å². The van der Waals surface area contributed by atoms with Crippen LogP contribution in [0.1, 0.15) is 10.4 Å². The standard InChI is InChI=1S/C16H12F2INO4/c17-16(18)24-13-3-1-2-10(8-13)15(22)23-9-14(21)20-12-6-4-11(19)5-7-12/h1-8,16H,9H2,(H,20,21). The summed E-state index contributed by atoms with van der Waals surface area (Å²) in [6.45, 7) is -3.49. The highest BCUT2D eigenvalue weighted by Crippen LogP contribution is 2.16. The van der Waals surface area contributed by atoms with Gasteiger partial charge in [-0.3, -0.25) is 4.79 Å². The Kier molecular flexibility index (Phi) is 6.47. The molecule has 0 saturated carbocycles. The molecule has 0 saturated heterocycles. The fourth-order valence-electron chi connectivity index (χ4n) is 1.74. The van der Waals surface area contributed by atoms with Crippen LogP contribution in [-0.2, 0) is 9.53 Å². The first-order valence-corrected chi connectivity index (χ1v) is 7.79. The van der Waals surface area contributed by atoms with Crippen molar-refractivity contribution in [3.8, 4) is 5.75 Å². The lowest BCUT2D eigenvalue weighted by molar-refractivity contribution is -0.119. The molecule has 2 aromatic carbocycles. The number of rotatable bonds is 6. The normalized spacial score (nSPS) is 10.3. The highest BCUT2D eigenvalue weighted by molar-refractivity contribution is 14.1.